The van der Waals surface area contributed by atoms with Gasteiger partial charge in [0.1, 0.15) is 5.70 Å². The molecule has 4 amide bonds. The number of rotatable bonds is 8. The summed E-state index contributed by atoms with van der Waals surface area (Å²) in [4.78, 5) is 54.6. The average Bonchev–Trinajstić information content (AvgIpc) is 3.56. The van der Waals surface area contributed by atoms with E-state index in [2.05, 4.69) is 26.6 Å². The summed E-state index contributed by atoms with van der Waals surface area (Å²) in [7, 11) is 0. The zero-order valence-corrected chi connectivity index (χ0v) is 24.1. The Bertz CT molecular complexity index is 1590. The molecule has 0 saturated carbocycles. The number of thiophene rings is 1. The largest absolute Gasteiger partial charge is 0.321 e. The fourth-order valence-corrected chi connectivity index (χ4v) is 6.06. The zero-order chi connectivity index (χ0) is 28.1. The molecule has 0 bridgehead atoms. The van der Waals surface area contributed by atoms with Gasteiger partial charge in [-0.1, -0.05) is 46.3 Å². The molecule has 1 saturated heterocycles. The highest BCUT2D eigenvalue weighted by Gasteiger charge is 2.40. The number of carbonyl (C=O) groups is 4. The predicted octanol–water partition coefficient (Wildman–Crippen LogP) is 6.34. The Kier molecular flexibility index (Phi) is 8.59. The molecule has 0 aliphatic carbocycles. The second-order valence-electron chi connectivity index (χ2n) is 8.73. The molecule has 5 rings (SSSR count). The number of imide groups is 1. The number of halogens is 1. The lowest BCUT2D eigenvalue weighted by Gasteiger charge is -2.15. The SMILES string of the molecule is O=C(Nc1cccc(SC2CC(=O)N(c3ccc(Br)cc3)C2=O)c1)/C(=C\c1cccs1)NC(=O)c1ccccc1. The van der Waals surface area contributed by atoms with Gasteiger partial charge in [0.25, 0.3) is 11.8 Å². The lowest BCUT2D eigenvalue weighted by atomic mass is 10.2. The molecular formula is C30H22BrN3O4S2. The van der Waals surface area contributed by atoms with Crippen LogP contribution < -0.4 is 15.5 Å². The Hall–Kier alpha value is -3.99. The van der Waals surface area contributed by atoms with Gasteiger partial charge in [0.15, 0.2) is 0 Å². The van der Waals surface area contributed by atoms with Crippen LogP contribution in [-0.2, 0) is 14.4 Å². The topological polar surface area (TPSA) is 95.6 Å². The van der Waals surface area contributed by atoms with E-state index in [-0.39, 0.29) is 23.9 Å². The number of hydrogen-bond donors (Lipinski definition) is 2. The quantitative estimate of drug-likeness (QED) is 0.175. The van der Waals surface area contributed by atoms with E-state index >= 15 is 0 Å². The molecule has 10 heteroatoms. The molecular weight excluding hydrogens is 610 g/mol. The third-order valence-corrected chi connectivity index (χ3v) is 8.45. The van der Waals surface area contributed by atoms with Crippen molar-refractivity contribution in [3.63, 3.8) is 0 Å². The minimum absolute atomic E-state index is 0.0787. The van der Waals surface area contributed by atoms with E-state index in [0.29, 0.717) is 16.9 Å². The maximum Gasteiger partial charge on any atom is 0.272 e. The van der Waals surface area contributed by atoms with Crippen LogP contribution in [0.4, 0.5) is 11.4 Å². The van der Waals surface area contributed by atoms with Gasteiger partial charge in [0, 0.05) is 31.9 Å². The number of nitrogens with one attached hydrogen (secondary N) is 2. The van der Waals surface area contributed by atoms with Gasteiger partial charge in [-0.25, -0.2) is 4.90 Å². The van der Waals surface area contributed by atoms with E-state index in [1.807, 2.05) is 29.6 Å². The number of carbonyl (C=O) groups excluding carboxylic acids is 4. The van der Waals surface area contributed by atoms with E-state index in [9.17, 15) is 19.2 Å². The van der Waals surface area contributed by atoms with Crippen LogP contribution in [0.5, 0.6) is 0 Å². The summed E-state index contributed by atoms with van der Waals surface area (Å²) in [5.41, 5.74) is 1.54. The first-order valence-corrected chi connectivity index (χ1v) is 14.7. The summed E-state index contributed by atoms with van der Waals surface area (Å²) < 4.78 is 0.855. The summed E-state index contributed by atoms with van der Waals surface area (Å²) in [6.07, 6.45) is 1.70. The van der Waals surface area contributed by atoms with Crippen LogP contribution >= 0.6 is 39.0 Å². The first-order valence-electron chi connectivity index (χ1n) is 12.2. The van der Waals surface area contributed by atoms with Crippen molar-refractivity contribution >= 4 is 80.1 Å². The Balaban J connectivity index is 1.30. The van der Waals surface area contributed by atoms with Crippen molar-refractivity contribution in [2.24, 2.45) is 0 Å². The summed E-state index contributed by atoms with van der Waals surface area (Å²) in [6, 6.07) is 26.4. The van der Waals surface area contributed by atoms with Gasteiger partial charge in [-0.3, -0.25) is 19.2 Å². The standard InChI is InChI=1S/C30H22BrN3O4S2/c31-20-11-13-22(14-12-20)34-27(35)18-26(30(34)38)40-24-9-4-8-21(16-24)32-29(37)25(17-23-10-5-15-39-23)33-28(36)19-6-2-1-3-7-19/h1-17,26H,18H2,(H,32,37)(H,33,36)/b25-17+. The molecule has 1 atom stereocenters. The fourth-order valence-electron chi connectivity index (χ4n) is 4.03. The van der Waals surface area contributed by atoms with Crippen molar-refractivity contribution < 1.29 is 19.2 Å². The molecule has 4 aromatic rings. The van der Waals surface area contributed by atoms with Gasteiger partial charge in [0.2, 0.25) is 11.8 Å². The van der Waals surface area contributed by atoms with Crippen molar-refractivity contribution in [1.82, 2.24) is 5.32 Å². The van der Waals surface area contributed by atoms with Gasteiger partial charge < -0.3 is 10.6 Å². The summed E-state index contributed by atoms with van der Waals surface area (Å²) >= 11 is 6.08. The third-order valence-electron chi connectivity index (χ3n) is 5.92. The Morgan fingerprint density at radius 2 is 1.73 bits per heavy atom. The Labute approximate surface area is 247 Å². The van der Waals surface area contributed by atoms with Crippen LogP contribution in [0.1, 0.15) is 21.7 Å². The number of nitrogens with zero attached hydrogens (tertiary/aromatic N) is 1. The molecule has 40 heavy (non-hydrogen) atoms. The van der Waals surface area contributed by atoms with Gasteiger partial charge in [-0.2, -0.15) is 0 Å². The van der Waals surface area contributed by atoms with E-state index < -0.39 is 17.1 Å². The fraction of sp³-hybridized carbons (Fsp3) is 0.0667. The lowest BCUT2D eigenvalue weighted by molar-refractivity contribution is -0.121. The van der Waals surface area contributed by atoms with Crippen LogP contribution in [0.15, 0.2) is 111 Å². The van der Waals surface area contributed by atoms with Crippen molar-refractivity contribution in [2.45, 2.75) is 16.6 Å². The normalized spacial score (nSPS) is 15.3. The molecule has 1 aliphatic rings. The van der Waals surface area contributed by atoms with Crippen LogP contribution in [-0.4, -0.2) is 28.9 Å². The minimum atomic E-state index is -0.582. The lowest BCUT2D eigenvalue weighted by Crippen LogP contribution is -2.31. The smallest absolute Gasteiger partial charge is 0.272 e. The summed E-state index contributed by atoms with van der Waals surface area (Å²) in [6.45, 7) is 0. The minimum Gasteiger partial charge on any atom is -0.321 e. The maximum atomic E-state index is 13.3. The second-order valence-corrected chi connectivity index (χ2v) is 11.9. The molecule has 0 radical (unpaired) electrons. The Morgan fingerprint density at radius 1 is 0.950 bits per heavy atom. The molecule has 1 aliphatic heterocycles. The highest BCUT2D eigenvalue weighted by Crippen LogP contribution is 2.35. The van der Waals surface area contributed by atoms with Gasteiger partial charge in [0.05, 0.1) is 10.9 Å². The molecule has 7 nitrogen and oxygen atoms in total. The highest BCUT2D eigenvalue weighted by molar-refractivity contribution is 9.10. The number of anilines is 2. The van der Waals surface area contributed by atoms with Gasteiger partial charge in [-0.15, -0.1) is 23.1 Å². The van der Waals surface area contributed by atoms with Crippen LogP contribution in [0.25, 0.3) is 6.08 Å². The zero-order valence-electron chi connectivity index (χ0n) is 20.9. The van der Waals surface area contributed by atoms with Crippen molar-refractivity contribution in [1.29, 1.82) is 0 Å². The molecule has 1 fully saturated rings. The molecule has 0 spiro atoms. The first-order chi connectivity index (χ1) is 19.4. The van der Waals surface area contributed by atoms with Gasteiger partial charge >= 0.3 is 0 Å². The maximum absolute atomic E-state index is 13.3. The van der Waals surface area contributed by atoms with Crippen LogP contribution in [0, 0.1) is 0 Å². The predicted molar refractivity (Wildman–Crippen MR) is 162 cm³/mol. The molecule has 200 valence electrons. The number of thioether (sulfide) groups is 1. The summed E-state index contributed by atoms with van der Waals surface area (Å²) in [5.74, 6) is -1.43. The van der Waals surface area contributed by atoms with Crippen LogP contribution in [0.3, 0.4) is 0 Å². The molecule has 1 unspecified atom stereocenters. The highest BCUT2D eigenvalue weighted by atomic mass is 79.9. The van der Waals surface area contributed by atoms with E-state index in [4.69, 9.17) is 0 Å². The van der Waals surface area contributed by atoms with E-state index in [0.717, 1.165) is 14.2 Å². The van der Waals surface area contributed by atoms with Crippen LogP contribution in [0.2, 0.25) is 0 Å². The monoisotopic (exact) mass is 631 g/mol. The number of amides is 4. The van der Waals surface area contributed by atoms with Crippen molar-refractivity contribution in [3.8, 4) is 0 Å². The Morgan fingerprint density at radius 3 is 2.45 bits per heavy atom. The number of hydrogen-bond acceptors (Lipinski definition) is 6. The molecule has 2 N–H and O–H groups in total. The van der Waals surface area contributed by atoms with Crippen molar-refractivity contribution in [3.05, 3.63) is 117 Å². The molecule has 1 aromatic heterocycles. The average molecular weight is 633 g/mol. The number of benzene rings is 3. The third kappa shape index (κ3) is 6.59. The van der Waals surface area contributed by atoms with E-state index in [1.165, 1.54) is 28.0 Å². The first kappa shape index (κ1) is 27.6. The second kappa shape index (κ2) is 12.5. The molecule has 3 aromatic carbocycles. The van der Waals surface area contributed by atoms with E-state index in [1.54, 1.807) is 72.8 Å². The molecule has 2 heterocycles. The summed E-state index contributed by atoms with van der Waals surface area (Å²) in [5, 5.41) is 6.86. The van der Waals surface area contributed by atoms with Crippen molar-refractivity contribution in [2.75, 3.05) is 10.2 Å². The van der Waals surface area contributed by atoms with Gasteiger partial charge in [-0.05, 0) is 72.1 Å².